The highest BCUT2D eigenvalue weighted by Gasteiger charge is 1.81. The molecule has 0 atom stereocenters. The number of anilines is 1. The average Bonchev–Trinajstić information content (AvgIpc) is 1.69. The maximum atomic E-state index is 5.22. The third-order valence-corrected chi connectivity index (χ3v) is 0.626. The molecule has 0 fully saturated rings. The number of hydrogen-bond donors (Lipinski definition) is 1. The molecule has 0 aliphatic rings. The van der Waals surface area contributed by atoms with Gasteiger partial charge in [0.15, 0.2) is 12.0 Å². The van der Waals surface area contributed by atoms with E-state index in [2.05, 4.69) is 9.97 Å². The summed E-state index contributed by atoms with van der Waals surface area (Å²) in [5.74, 6) is 0.516. The molecule has 0 aromatic carbocycles. The van der Waals surface area contributed by atoms with Crippen LogP contribution < -0.4 is 27.7 Å². The van der Waals surface area contributed by atoms with Crippen LogP contribution in [0.25, 0.3) is 0 Å². The molecule has 44 valence electrons. The van der Waals surface area contributed by atoms with Gasteiger partial charge < -0.3 is 22.7 Å². The van der Waals surface area contributed by atoms with Crippen LogP contribution in [0.15, 0.2) is 18.6 Å². The summed E-state index contributed by atoms with van der Waals surface area (Å²) in [4.78, 5) is 6.50. The van der Waals surface area contributed by atoms with E-state index in [1.54, 1.807) is 18.6 Å². The second-order valence-electron chi connectivity index (χ2n) is 1.18. The van der Waals surface area contributed by atoms with E-state index in [0.29, 0.717) is 5.82 Å². The smallest absolute Gasteiger partial charge is 0.209 e. The second-order valence-corrected chi connectivity index (χ2v) is 1.18. The fraction of sp³-hybridized carbons (Fsp3) is 0. The summed E-state index contributed by atoms with van der Waals surface area (Å²) >= 11 is 0. The van der Waals surface area contributed by atoms with Gasteiger partial charge in [-0.3, -0.25) is 0 Å². The van der Waals surface area contributed by atoms with Gasteiger partial charge in [0, 0.05) is 0 Å². The molecule has 8 heavy (non-hydrogen) atoms. The van der Waals surface area contributed by atoms with Gasteiger partial charge in [-0.1, -0.05) is 0 Å². The SMILES string of the molecule is Nc1c[nH+]ccn1.[Br-]. The number of aromatic nitrogens is 2. The summed E-state index contributed by atoms with van der Waals surface area (Å²) in [7, 11) is 0. The molecule has 3 nitrogen and oxygen atoms in total. The minimum atomic E-state index is 0. The van der Waals surface area contributed by atoms with Gasteiger partial charge in [0.05, 0.1) is 6.20 Å². The molecule has 0 spiro atoms. The molecule has 4 heteroatoms. The lowest BCUT2D eigenvalue weighted by atomic mass is 10.7. The van der Waals surface area contributed by atoms with E-state index in [-0.39, 0.29) is 17.0 Å². The summed E-state index contributed by atoms with van der Waals surface area (Å²) in [6.45, 7) is 0. The first-order valence-electron chi connectivity index (χ1n) is 1.97. The van der Waals surface area contributed by atoms with Crippen molar-refractivity contribution in [2.75, 3.05) is 5.73 Å². The maximum Gasteiger partial charge on any atom is 0.209 e. The van der Waals surface area contributed by atoms with Crippen LogP contribution in [0.3, 0.4) is 0 Å². The van der Waals surface area contributed by atoms with Gasteiger partial charge >= 0.3 is 0 Å². The quantitative estimate of drug-likeness (QED) is 0.445. The summed E-state index contributed by atoms with van der Waals surface area (Å²) < 4.78 is 0. The van der Waals surface area contributed by atoms with Gasteiger partial charge in [0.2, 0.25) is 6.20 Å². The van der Waals surface area contributed by atoms with E-state index in [4.69, 9.17) is 5.73 Å². The topological polar surface area (TPSA) is 53.0 Å². The summed E-state index contributed by atoms with van der Waals surface area (Å²) in [5.41, 5.74) is 5.22. The number of rotatable bonds is 0. The van der Waals surface area contributed by atoms with E-state index in [9.17, 15) is 0 Å². The van der Waals surface area contributed by atoms with E-state index < -0.39 is 0 Å². The standard InChI is InChI=1S/C4H5N3.BrH/c5-4-3-6-1-2-7-4;/h1-3H,(H2,5,7);1H. The first-order chi connectivity index (χ1) is 3.39. The van der Waals surface area contributed by atoms with Gasteiger partial charge in [-0.15, -0.1) is 0 Å². The maximum absolute atomic E-state index is 5.22. The molecule has 0 aliphatic heterocycles. The Kier molecular flexibility index (Phi) is 3.10. The van der Waals surface area contributed by atoms with Crippen molar-refractivity contribution in [3.8, 4) is 0 Å². The van der Waals surface area contributed by atoms with E-state index in [1.807, 2.05) is 0 Å². The van der Waals surface area contributed by atoms with Gasteiger partial charge in [-0.05, 0) is 0 Å². The zero-order chi connectivity index (χ0) is 5.11. The zero-order valence-corrected chi connectivity index (χ0v) is 5.72. The Balaban J connectivity index is 0.000000490. The lowest BCUT2D eigenvalue weighted by molar-refractivity contribution is -0.377. The first kappa shape index (κ1) is 7.36. The number of nitrogens with zero attached hydrogens (tertiary/aromatic N) is 1. The van der Waals surface area contributed by atoms with Crippen molar-refractivity contribution in [1.29, 1.82) is 0 Å². The number of aromatic amines is 1. The van der Waals surface area contributed by atoms with Crippen molar-refractivity contribution >= 4 is 5.82 Å². The fourth-order valence-corrected chi connectivity index (χ4v) is 0.337. The van der Waals surface area contributed by atoms with Crippen molar-refractivity contribution in [2.24, 2.45) is 0 Å². The van der Waals surface area contributed by atoms with Gasteiger partial charge in [0.1, 0.15) is 0 Å². The first-order valence-corrected chi connectivity index (χ1v) is 1.97. The Morgan fingerprint density at radius 2 is 2.38 bits per heavy atom. The van der Waals surface area contributed by atoms with Crippen LogP contribution >= 0.6 is 0 Å². The van der Waals surface area contributed by atoms with Crippen LogP contribution in [0.1, 0.15) is 0 Å². The number of hydrogen-bond acceptors (Lipinski definition) is 2. The molecule has 1 rings (SSSR count). The molecular weight excluding hydrogens is 170 g/mol. The van der Waals surface area contributed by atoms with E-state index >= 15 is 0 Å². The Labute approximate surface area is 57.7 Å². The normalized spacial score (nSPS) is 7.50. The molecule has 0 radical (unpaired) electrons. The molecule has 1 heterocycles. The number of nitrogen functional groups attached to an aromatic ring is 1. The molecule has 0 amide bonds. The average molecular weight is 176 g/mol. The molecule has 3 N–H and O–H groups in total. The van der Waals surface area contributed by atoms with Crippen molar-refractivity contribution in [2.45, 2.75) is 0 Å². The Morgan fingerprint density at radius 3 is 2.62 bits per heavy atom. The zero-order valence-electron chi connectivity index (χ0n) is 4.13. The second kappa shape index (κ2) is 3.37. The summed E-state index contributed by atoms with van der Waals surface area (Å²) in [6, 6.07) is 0. The van der Waals surface area contributed by atoms with Gasteiger partial charge in [0.25, 0.3) is 0 Å². The van der Waals surface area contributed by atoms with Crippen molar-refractivity contribution in [3.05, 3.63) is 18.6 Å². The molecule has 0 aliphatic carbocycles. The summed E-state index contributed by atoms with van der Waals surface area (Å²) in [6.07, 6.45) is 4.94. The highest BCUT2D eigenvalue weighted by Crippen LogP contribution is 1.80. The molecule has 1 aromatic rings. The highest BCUT2D eigenvalue weighted by molar-refractivity contribution is 5.17. The molecule has 0 saturated carbocycles. The van der Waals surface area contributed by atoms with Gasteiger partial charge in [-0.2, -0.15) is 0 Å². The van der Waals surface area contributed by atoms with Crippen LogP contribution in [0.2, 0.25) is 0 Å². The Hall–Kier alpha value is -0.640. The number of nitrogens with one attached hydrogen (secondary N) is 1. The highest BCUT2D eigenvalue weighted by atomic mass is 79.9. The lowest BCUT2D eigenvalue weighted by Gasteiger charge is -1.77. The van der Waals surface area contributed by atoms with Crippen LogP contribution in [0.4, 0.5) is 5.82 Å². The summed E-state index contributed by atoms with van der Waals surface area (Å²) in [5, 5.41) is 0. The Bertz CT molecular complexity index is 141. The van der Waals surface area contributed by atoms with Crippen LogP contribution in [-0.2, 0) is 0 Å². The molecule has 0 bridgehead atoms. The predicted octanol–water partition coefficient (Wildman–Crippen LogP) is -3.52. The van der Waals surface area contributed by atoms with E-state index in [0.717, 1.165) is 0 Å². The Morgan fingerprint density at radius 1 is 1.62 bits per heavy atom. The number of nitrogens with two attached hydrogens (primary N) is 1. The predicted molar refractivity (Wildman–Crippen MR) is 25.2 cm³/mol. The molecule has 0 saturated heterocycles. The van der Waals surface area contributed by atoms with Crippen LogP contribution in [0.5, 0.6) is 0 Å². The number of halogens is 1. The minimum absolute atomic E-state index is 0. The lowest BCUT2D eigenvalue weighted by Crippen LogP contribution is -3.00. The minimum Gasteiger partial charge on any atom is -1.00 e. The molecule has 1 aromatic heterocycles. The van der Waals surface area contributed by atoms with Crippen molar-refractivity contribution < 1.29 is 22.0 Å². The third-order valence-electron chi connectivity index (χ3n) is 0.626. The van der Waals surface area contributed by atoms with Gasteiger partial charge in [-0.25, -0.2) is 9.97 Å². The third kappa shape index (κ3) is 1.88. The van der Waals surface area contributed by atoms with Crippen molar-refractivity contribution in [1.82, 2.24) is 4.98 Å². The molecule has 0 unspecified atom stereocenters. The van der Waals surface area contributed by atoms with E-state index in [1.165, 1.54) is 0 Å². The molecular formula is C4H6BrN3. The fourth-order valence-electron chi connectivity index (χ4n) is 0.337. The monoisotopic (exact) mass is 175 g/mol. The number of H-pyrrole nitrogens is 1. The largest absolute Gasteiger partial charge is 1.00 e. The van der Waals surface area contributed by atoms with Crippen LogP contribution in [0, 0.1) is 0 Å². The van der Waals surface area contributed by atoms with Crippen LogP contribution in [-0.4, -0.2) is 4.98 Å². The van der Waals surface area contributed by atoms with Crippen molar-refractivity contribution in [3.63, 3.8) is 0 Å².